The van der Waals surface area contributed by atoms with E-state index in [0.29, 0.717) is 33.5 Å². The quantitative estimate of drug-likeness (QED) is 0.436. The third-order valence-electron chi connectivity index (χ3n) is 5.81. The highest BCUT2D eigenvalue weighted by molar-refractivity contribution is 5.78. The Hall–Kier alpha value is -4.22. The molecule has 0 bridgehead atoms. The third kappa shape index (κ3) is 3.39. The van der Waals surface area contributed by atoms with Gasteiger partial charge in [-0.25, -0.2) is 4.98 Å². The maximum atomic E-state index is 13.9. The average molecular weight is 434 g/mol. The fourth-order valence-corrected chi connectivity index (χ4v) is 4.20. The van der Waals surface area contributed by atoms with Gasteiger partial charge in [-0.2, -0.15) is 0 Å². The molecule has 5 nitrogen and oxygen atoms in total. The Morgan fingerprint density at radius 3 is 1.94 bits per heavy atom. The molecule has 0 unspecified atom stereocenters. The Bertz CT molecular complexity index is 1440. The molecular formula is C28H22N2O3. The molecule has 1 N–H and O–H groups in total. The summed E-state index contributed by atoms with van der Waals surface area (Å²) in [6.45, 7) is 0. The summed E-state index contributed by atoms with van der Waals surface area (Å²) in [5.41, 5.74) is 0.221. The molecule has 0 saturated heterocycles. The lowest BCUT2D eigenvalue weighted by Crippen LogP contribution is -2.38. The summed E-state index contributed by atoms with van der Waals surface area (Å²) in [5, 5.41) is 12.9. The van der Waals surface area contributed by atoms with E-state index >= 15 is 0 Å². The van der Waals surface area contributed by atoms with Gasteiger partial charge in [-0.1, -0.05) is 84.9 Å². The predicted molar refractivity (Wildman–Crippen MR) is 129 cm³/mol. The zero-order valence-corrected chi connectivity index (χ0v) is 18.1. The number of para-hydroxylation sites is 3. The molecule has 33 heavy (non-hydrogen) atoms. The number of aliphatic hydroxyl groups is 1. The predicted octanol–water partition coefficient (Wildman–Crippen LogP) is 4.68. The number of ether oxygens (including phenoxy) is 1. The maximum absolute atomic E-state index is 13.9. The van der Waals surface area contributed by atoms with Crippen molar-refractivity contribution in [1.82, 2.24) is 9.55 Å². The molecule has 0 aliphatic rings. The molecule has 0 aliphatic carbocycles. The van der Waals surface area contributed by atoms with Crippen LogP contribution in [0.25, 0.3) is 16.6 Å². The van der Waals surface area contributed by atoms with Crippen LogP contribution in [0.1, 0.15) is 17.0 Å². The standard InChI is InChI=1S/C28H22N2O3/c1-33-25-19-11-10-18-24(25)30-26(31)22-16-8-9-17-23(22)29-27(30)28(32,20-12-4-2-5-13-20)21-14-6-3-7-15-21/h2-19,32H,1H3. The second kappa shape index (κ2) is 8.37. The minimum absolute atomic E-state index is 0.188. The van der Waals surface area contributed by atoms with Gasteiger partial charge in [-0.05, 0) is 35.4 Å². The van der Waals surface area contributed by atoms with Crippen LogP contribution in [0, 0.1) is 0 Å². The van der Waals surface area contributed by atoms with Crippen molar-refractivity contribution in [3.63, 3.8) is 0 Å². The topological polar surface area (TPSA) is 64.3 Å². The molecule has 162 valence electrons. The molecule has 0 radical (unpaired) electrons. The number of hydrogen-bond acceptors (Lipinski definition) is 4. The second-order valence-electron chi connectivity index (χ2n) is 7.71. The first-order valence-corrected chi connectivity index (χ1v) is 10.6. The number of methoxy groups -OCH3 is 1. The minimum Gasteiger partial charge on any atom is -0.495 e. The van der Waals surface area contributed by atoms with Gasteiger partial charge >= 0.3 is 0 Å². The van der Waals surface area contributed by atoms with Gasteiger partial charge in [0.05, 0.1) is 23.7 Å². The third-order valence-corrected chi connectivity index (χ3v) is 5.81. The van der Waals surface area contributed by atoms with Gasteiger partial charge in [0.25, 0.3) is 5.56 Å². The largest absolute Gasteiger partial charge is 0.495 e. The SMILES string of the molecule is COc1ccccc1-n1c(C(O)(c2ccccc2)c2ccccc2)nc2ccccc2c1=O. The summed E-state index contributed by atoms with van der Waals surface area (Å²) < 4.78 is 7.04. The number of hydrogen-bond donors (Lipinski definition) is 1. The van der Waals surface area contributed by atoms with Gasteiger partial charge in [-0.3, -0.25) is 9.36 Å². The van der Waals surface area contributed by atoms with Crippen molar-refractivity contribution in [3.8, 4) is 11.4 Å². The first kappa shape index (κ1) is 20.7. The van der Waals surface area contributed by atoms with Gasteiger partial charge in [0.1, 0.15) is 5.75 Å². The van der Waals surface area contributed by atoms with Crippen molar-refractivity contribution in [2.24, 2.45) is 0 Å². The summed E-state index contributed by atoms with van der Waals surface area (Å²) >= 11 is 0. The average Bonchev–Trinajstić information content (AvgIpc) is 2.89. The number of aromatic nitrogens is 2. The molecule has 0 saturated carbocycles. The van der Waals surface area contributed by atoms with Crippen LogP contribution in [-0.2, 0) is 5.60 Å². The van der Waals surface area contributed by atoms with Crippen LogP contribution < -0.4 is 10.3 Å². The molecule has 0 amide bonds. The van der Waals surface area contributed by atoms with Gasteiger partial charge in [0.2, 0.25) is 0 Å². The fraction of sp³-hybridized carbons (Fsp3) is 0.0714. The molecular weight excluding hydrogens is 412 g/mol. The van der Waals surface area contributed by atoms with E-state index < -0.39 is 5.60 Å². The minimum atomic E-state index is -1.70. The van der Waals surface area contributed by atoms with Crippen molar-refractivity contribution in [2.45, 2.75) is 5.60 Å². The summed E-state index contributed by atoms with van der Waals surface area (Å²) in [6.07, 6.45) is 0. The number of fused-ring (bicyclic) bond motifs is 1. The van der Waals surface area contributed by atoms with E-state index in [1.165, 1.54) is 4.57 Å². The van der Waals surface area contributed by atoms with Crippen LogP contribution in [0.15, 0.2) is 114 Å². The van der Waals surface area contributed by atoms with E-state index in [0.717, 1.165) is 0 Å². The van der Waals surface area contributed by atoms with Crippen LogP contribution in [0.5, 0.6) is 5.75 Å². The first-order chi connectivity index (χ1) is 16.1. The van der Waals surface area contributed by atoms with Gasteiger partial charge in [0.15, 0.2) is 11.4 Å². The van der Waals surface area contributed by atoms with Crippen LogP contribution >= 0.6 is 0 Å². The van der Waals surface area contributed by atoms with Crippen molar-refractivity contribution in [1.29, 1.82) is 0 Å². The van der Waals surface area contributed by atoms with Crippen molar-refractivity contribution in [2.75, 3.05) is 7.11 Å². The second-order valence-corrected chi connectivity index (χ2v) is 7.71. The molecule has 5 rings (SSSR count). The molecule has 4 aromatic carbocycles. The molecule has 1 aromatic heterocycles. The van der Waals surface area contributed by atoms with E-state index in [1.807, 2.05) is 78.9 Å². The molecule has 5 heteroatoms. The lowest BCUT2D eigenvalue weighted by atomic mass is 9.85. The van der Waals surface area contributed by atoms with Gasteiger partial charge < -0.3 is 9.84 Å². The smallest absolute Gasteiger partial charge is 0.266 e. The lowest BCUT2D eigenvalue weighted by molar-refractivity contribution is 0.112. The molecule has 0 spiro atoms. The Morgan fingerprint density at radius 2 is 1.30 bits per heavy atom. The maximum Gasteiger partial charge on any atom is 0.266 e. The Balaban J connectivity index is 1.97. The molecule has 0 atom stereocenters. The van der Waals surface area contributed by atoms with E-state index in [9.17, 15) is 9.90 Å². The fourth-order valence-electron chi connectivity index (χ4n) is 4.20. The van der Waals surface area contributed by atoms with E-state index in [2.05, 4.69) is 0 Å². The Labute approximate surface area is 191 Å². The van der Waals surface area contributed by atoms with Crippen LogP contribution in [0.3, 0.4) is 0 Å². The number of benzene rings is 4. The molecule has 5 aromatic rings. The van der Waals surface area contributed by atoms with Crippen LogP contribution in [-0.4, -0.2) is 21.8 Å². The molecule has 1 heterocycles. The molecule has 0 fully saturated rings. The van der Waals surface area contributed by atoms with Crippen LogP contribution in [0.4, 0.5) is 0 Å². The Morgan fingerprint density at radius 1 is 0.758 bits per heavy atom. The first-order valence-electron chi connectivity index (χ1n) is 10.6. The van der Waals surface area contributed by atoms with Crippen molar-refractivity contribution >= 4 is 10.9 Å². The highest BCUT2D eigenvalue weighted by atomic mass is 16.5. The zero-order valence-electron chi connectivity index (χ0n) is 18.1. The van der Waals surface area contributed by atoms with Crippen LogP contribution in [0.2, 0.25) is 0 Å². The van der Waals surface area contributed by atoms with Crippen molar-refractivity contribution in [3.05, 3.63) is 136 Å². The number of rotatable bonds is 5. The molecule has 0 aliphatic heterocycles. The normalized spacial score (nSPS) is 11.5. The van der Waals surface area contributed by atoms with E-state index in [4.69, 9.17) is 9.72 Å². The monoisotopic (exact) mass is 434 g/mol. The summed E-state index contributed by atoms with van der Waals surface area (Å²) in [4.78, 5) is 18.8. The lowest BCUT2D eigenvalue weighted by Gasteiger charge is -2.31. The zero-order chi connectivity index (χ0) is 22.8. The summed E-state index contributed by atoms with van der Waals surface area (Å²) in [6, 6.07) is 32.9. The highest BCUT2D eigenvalue weighted by Gasteiger charge is 2.39. The summed E-state index contributed by atoms with van der Waals surface area (Å²) in [5.74, 6) is 0.689. The number of nitrogens with zero attached hydrogens (tertiary/aromatic N) is 2. The van der Waals surface area contributed by atoms with Gasteiger partial charge in [0, 0.05) is 0 Å². The van der Waals surface area contributed by atoms with Crippen molar-refractivity contribution < 1.29 is 9.84 Å². The van der Waals surface area contributed by atoms with E-state index in [-0.39, 0.29) is 11.4 Å². The Kier molecular flexibility index (Phi) is 5.24. The van der Waals surface area contributed by atoms with E-state index in [1.54, 1.807) is 37.4 Å². The van der Waals surface area contributed by atoms with Gasteiger partial charge in [-0.15, -0.1) is 0 Å². The highest BCUT2D eigenvalue weighted by Crippen LogP contribution is 2.37. The summed E-state index contributed by atoms with van der Waals surface area (Å²) in [7, 11) is 1.55.